The fourth-order valence-electron chi connectivity index (χ4n) is 6.58. The van der Waals surface area contributed by atoms with E-state index in [1.165, 1.54) is 122 Å². The monoisotopic (exact) mass is 855 g/mol. The summed E-state index contributed by atoms with van der Waals surface area (Å²) in [6.45, 7) is 47.2. The van der Waals surface area contributed by atoms with E-state index in [0.717, 1.165) is 0 Å². The van der Waals surface area contributed by atoms with Crippen LogP contribution in [0.3, 0.4) is 0 Å². The van der Waals surface area contributed by atoms with Crippen molar-refractivity contribution in [2.24, 2.45) is 0 Å². The standard InChI is InChI=1S/2C10H14.4C9H12.C8H10/c1-7-5-8(2)10(4)9(3)6-7;1-7-5-6-8(2)10(4)9(7)3;2*1-7-4-5-8(2)9(3)6-7;2*1-7-5-4-6-8(2)9(7)3;1-7-5-3-4-6-8(7)2/h2*5-6H,1-4H3;4*4-6H,1-3H3;3-6H,1-2H3. The molecule has 0 fully saturated rings. The van der Waals surface area contributed by atoms with Crippen LogP contribution in [0.1, 0.15) is 122 Å². The predicted molar refractivity (Wildman–Crippen MR) is 289 cm³/mol. The highest BCUT2D eigenvalue weighted by Crippen LogP contribution is 2.16. The molecule has 7 aromatic rings. The normalized spacial score (nSPS) is 9.72. The molecule has 0 saturated heterocycles. The molecule has 0 heteroatoms. The van der Waals surface area contributed by atoms with E-state index in [1.807, 2.05) is 0 Å². The fraction of sp³-hybridized carbons (Fsp3) is 0.344. The predicted octanol–water partition coefficient (Wildman–Crippen LogP) is 18.6. The van der Waals surface area contributed by atoms with Gasteiger partial charge in [-0.25, -0.2) is 0 Å². The van der Waals surface area contributed by atoms with Crippen LogP contribution in [0.15, 0.2) is 121 Å². The molecule has 0 amide bonds. The summed E-state index contributed by atoms with van der Waals surface area (Å²) in [6.07, 6.45) is 0. The van der Waals surface area contributed by atoms with Crippen molar-refractivity contribution in [3.05, 3.63) is 244 Å². The molecule has 0 aliphatic rings. The molecule has 64 heavy (non-hydrogen) atoms. The van der Waals surface area contributed by atoms with Gasteiger partial charge >= 0.3 is 0 Å². The van der Waals surface area contributed by atoms with Gasteiger partial charge in [-0.05, 0) is 258 Å². The highest BCUT2D eigenvalue weighted by atomic mass is 14.0. The van der Waals surface area contributed by atoms with Gasteiger partial charge in [-0.15, -0.1) is 0 Å². The van der Waals surface area contributed by atoms with Crippen molar-refractivity contribution in [3.8, 4) is 0 Å². The summed E-state index contributed by atoms with van der Waals surface area (Å²) in [5.41, 5.74) is 30.5. The summed E-state index contributed by atoms with van der Waals surface area (Å²) >= 11 is 0. The Kier molecular flexibility index (Phi) is 25.1. The highest BCUT2D eigenvalue weighted by molar-refractivity contribution is 5.38. The van der Waals surface area contributed by atoms with Gasteiger partial charge in [0.25, 0.3) is 0 Å². The van der Waals surface area contributed by atoms with Crippen LogP contribution in [0.5, 0.6) is 0 Å². The van der Waals surface area contributed by atoms with Gasteiger partial charge in [0.1, 0.15) is 0 Å². The maximum Gasteiger partial charge on any atom is -0.0392 e. The van der Waals surface area contributed by atoms with Crippen LogP contribution in [0.4, 0.5) is 0 Å². The lowest BCUT2D eigenvalue weighted by atomic mass is 10.0. The number of rotatable bonds is 0. The Morgan fingerprint density at radius 3 is 0.625 bits per heavy atom. The van der Waals surface area contributed by atoms with Crippen molar-refractivity contribution in [2.45, 2.75) is 152 Å². The van der Waals surface area contributed by atoms with E-state index < -0.39 is 0 Å². The van der Waals surface area contributed by atoms with Crippen molar-refractivity contribution < 1.29 is 0 Å². The van der Waals surface area contributed by atoms with Crippen molar-refractivity contribution in [2.75, 3.05) is 0 Å². The summed E-state index contributed by atoms with van der Waals surface area (Å²) in [4.78, 5) is 0. The third-order valence-corrected chi connectivity index (χ3v) is 12.9. The van der Waals surface area contributed by atoms with Gasteiger partial charge in [0.05, 0.1) is 0 Å². The first-order chi connectivity index (χ1) is 29.9. The van der Waals surface area contributed by atoms with Gasteiger partial charge in [-0.3, -0.25) is 0 Å². The average molecular weight is 855 g/mol. The smallest absolute Gasteiger partial charge is 0.0392 e. The van der Waals surface area contributed by atoms with Crippen LogP contribution in [0.2, 0.25) is 0 Å². The van der Waals surface area contributed by atoms with Crippen LogP contribution >= 0.6 is 0 Å². The third-order valence-electron chi connectivity index (χ3n) is 12.9. The molecule has 7 aromatic carbocycles. The lowest BCUT2D eigenvalue weighted by Crippen LogP contribution is -1.88. The van der Waals surface area contributed by atoms with Crippen LogP contribution in [0, 0.1) is 152 Å². The topological polar surface area (TPSA) is 0 Å². The second-order valence-corrected chi connectivity index (χ2v) is 18.3. The second-order valence-electron chi connectivity index (χ2n) is 18.3. The van der Waals surface area contributed by atoms with Crippen LogP contribution in [0.25, 0.3) is 0 Å². The Bertz CT molecular complexity index is 2290. The summed E-state index contributed by atoms with van der Waals surface area (Å²) in [5, 5.41) is 0. The Morgan fingerprint density at radius 2 is 0.375 bits per heavy atom. The van der Waals surface area contributed by atoms with Crippen molar-refractivity contribution >= 4 is 0 Å². The minimum atomic E-state index is 1.35. The minimum absolute atomic E-state index is 1.35. The summed E-state index contributed by atoms with van der Waals surface area (Å²) in [6, 6.07) is 42.9. The molecule has 0 spiro atoms. The summed E-state index contributed by atoms with van der Waals surface area (Å²) in [7, 11) is 0. The van der Waals surface area contributed by atoms with Gasteiger partial charge in [-0.2, -0.15) is 0 Å². The largest absolute Gasteiger partial charge is 0.0620 e. The molecule has 0 heterocycles. The Balaban J connectivity index is 0.000000374. The number of hydrogen-bond donors (Lipinski definition) is 0. The van der Waals surface area contributed by atoms with Crippen molar-refractivity contribution in [1.29, 1.82) is 0 Å². The molecule has 0 aliphatic heterocycles. The zero-order valence-electron chi connectivity index (χ0n) is 44.5. The van der Waals surface area contributed by atoms with Crippen LogP contribution < -0.4 is 0 Å². The Morgan fingerprint density at radius 1 is 0.156 bits per heavy atom. The molecule has 0 atom stereocenters. The molecule has 0 bridgehead atoms. The fourth-order valence-corrected chi connectivity index (χ4v) is 6.58. The molecular formula is C64H86. The van der Waals surface area contributed by atoms with Crippen molar-refractivity contribution in [1.82, 2.24) is 0 Å². The van der Waals surface area contributed by atoms with Gasteiger partial charge < -0.3 is 0 Å². The molecule has 0 N–H and O–H groups in total. The first kappa shape index (κ1) is 56.6. The number of aryl methyl sites for hydroxylation is 17. The van der Waals surface area contributed by atoms with Gasteiger partial charge in [0.15, 0.2) is 0 Å². The molecule has 0 aromatic heterocycles. The highest BCUT2D eigenvalue weighted by Gasteiger charge is 1.99. The maximum absolute atomic E-state index is 2.22. The molecular weight excluding hydrogens is 769 g/mol. The van der Waals surface area contributed by atoms with Gasteiger partial charge in [-0.1, -0.05) is 138 Å². The summed E-state index contributed by atoms with van der Waals surface area (Å²) in [5.74, 6) is 0. The van der Waals surface area contributed by atoms with E-state index in [-0.39, 0.29) is 0 Å². The molecule has 0 saturated carbocycles. The van der Waals surface area contributed by atoms with E-state index in [0.29, 0.717) is 0 Å². The number of hydrogen-bond acceptors (Lipinski definition) is 0. The first-order valence-corrected chi connectivity index (χ1v) is 23.1. The molecule has 0 nitrogen and oxygen atoms in total. The molecule has 342 valence electrons. The lowest BCUT2D eigenvalue weighted by molar-refractivity contribution is 1.22. The average Bonchev–Trinajstić information content (AvgIpc) is 3.24. The van der Waals surface area contributed by atoms with Gasteiger partial charge in [0, 0.05) is 0 Å². The zero-order valence-corrected chi connectivity index (χ0v) is 44.5. The SMILES string of the molecule is Cc1cc(C)c(C)c(C)c1.Cc1ccc(C)c(C)c1.Cc1ccc(C)c(C)c1.Cc1ccc(C)c(C)c1C.Cc1cccc(C)c1C.Cc1cccc(C)c1C.Cc1ccccc1C. The Labute approximate surface area is 394 Å². The van der Waals surface area contributed by atoms with E-state index >= 15 is 0 Å². The van der Waals surface area contributed by atoms with E-state index in [9.17, 15) is 0 Å². The van der Waals surface area contributed by atoms with Gasteiger partial charge in [0.2, 0.25) is 0 Å². The maximum atomic E-state index is 2.22. The minimum Gasteiger partial charge on any atom is -0.0620 e. The van der Waals surface area contributed by atoms with E-state index in [2.05, 4.69) is 274 Å². The quantitative estimate of drug-likeness (QED) is 0.143. The molecule has 7 rings (SSSR count). The molecule has 0 unspecified atom stereocenters. The Hall–Kier alpha value is -5.46. The summed E-state index contributed by atoms with van der Waals surface area (Å²) < 4.78 is 0. The lowest BCUT2D eigenvalue weighted by Gasteiger charge is -2.06. The zero-order chi connectivity index (χ0) is 48.8. The second kappa shape index (κ2) is 28.4. The third kappa shape index (κ3) is 20.4. The van der Waals surface area contributed by atoms with E-state index in [1.54, 1.807) is 0 Å². The molecule has 0 aliphatic carbocycles. The van der Waals surface area contributed by atoms with E-state index in [4.69, 9.17) is 0 Å². The van der Waals surface area contributed by atoms with Crippen molar-refractivity contribution in [3.63, 3.8) is 0 Å². The number of benzene rings is 7. The van der Waals surface area contributed by atoms with Crippen LogP contribution in [-0.2, 0) is 0 Å². The van der Waals surface area contributed by atoms with Crippen LogP contribution in [-0.4, -0.2) is 0 Å². The molecule has 0 radical (unpaired) electrons. The first-order valence-electron chi connectivity index (χ1n) is 23.1.